The van der Waals surface area contributed by atoms with E-state index < -0.39 is 0 Å². The van der Waals surface area contributed by atoms with Gasteiger partial charge in [-0.05, 0) is 51.2 Å². The Balaban J connectivity index is 1.58. The van der Waals surface area contributed by atoms with Gasteiger partial charge in [0.2, 0.25) is 11.8 Å². The van der Waals surface area contributed by atoms with Gasteiger partial charge in [0.05, 0.1) is 23.0 Å². The fourth-order valence-electron chi connectivity index (χ4n) is 3.02. The number of hydrogen-bond donors (Lipinski definition) is 0. The van der Waals surface area contributed by atoms with Crippen LogP contribution in [0.4, 0.5) is 0 Å². The summed E-state index contributed by atoms with van der Waals surface area (Å²) in [4.78, 5) is 2.04. The maximum Gasteiger partial charge on any atom is 0.233 e. The Morgan fingerprint density at radius 2 is 2.00 bits per heavy atom. The molecule has 0 spiro atoms. The van der Waals surface area contributed by atoms with E-state index in [1.807, 2.05) is 44.2 Å². The van der Waals surface area contributed by atoms with Crippen molar-refractivity contribution in [1.82, 2.24) is 24.9 Å². The van der Waals surface area contributed by atoms with Crippen molar-refractivity contribution in [1.29, 1.82) is 5.26 Å². The van der Waals surface area contributed by atoms with E-state index in [-0.39, 0.29) is 0 Å². The van der Waals surface area contributed by atoms with Crippen molar-refractivity contribution >= 4 is 0 Å². The molecule has 0 radical (unpaired) electrons. The number of rotatable bonds is 8. The van der Waals surface area contributed by atoms with Crippen LogP contribution in [0.15, 0.2) is 36.4 Å². The SMILES string of the molecule is CN(C)CCOc1ccc(-c2ccc(C#N)cc2Oc2cc(C3CC3)nn2C)nn1. The van der Waals surface area contributed by atoms with Gasteiger partial charge in [0.15, 0.2) is 0 Å². The molecule has 1 fully saturated rings. The summed E-state index contributed by atoms with van der Waals surface area (Å²) in [6.45, 7) is 1.33. The molecule has 0 bridgehead atoms. The van der Waals surface area contributed by atoms with Crippen molar-refractivity contribution in [3.63, 3.8) is 0 Å². The highest BCUT2D eigenvalue weighted by Crippen LogP contribution is 2.41. The molecular weight excluding hydrogens is 380 g/mol. The normalized spacial score (nSPS) is 13.3. The lowest BCUT2D eigenvalue weighted by atomic mass is 10.1. The fraction of sp³-hybridized carbons (Fsp3) is 0.364. The van der Waals surface area contributed by atoms with E-state index in [2.05, 4.69) is 21.4 Å². The van der Waals surface area contributed by atoms with Crippen molar-refractivity contribution in [2.75, 3.05) is 27.2 Å². The first kappa shape index (κ1) is 19.9. The molecule has 154 valence electrons. The second kappa shape index (κ2) is 8.51. The monoisotopic (exact) mass is 404 g/mol. The predicted octanol–water partition coefficient (Wildman–Crippen LogP) is 3.36. The lowest BCUT2D eigenvalue weighted by Crippen LogP contribution is -2.19. The third-order valence-corrected chi connectivity index (χ3v) is 4.88. The van der Waals surface area contributed by atoms with Gasteiger partial charge in [-0.2, -0.15) is 10.4 Å². The van der Waals surface area contributed by atoms with E-state index in [0.29, 0.717) is 41.3 Å². The average molecular weight is 404 g/mol. The van der Waals surface area contributed by atoms with E-state index in [9.17, 15) is 5.26 Å². The molecule has 1 aliphatic rings. The van der Waals surface area contributed by atoms with Crippen molar-refractivity contribution in [2.45, 2.75) is 18.8 Å². The van der Waals surface area contributed by atoms with E-state index in [4.69, 9.17) is 9.47 Å². The molecule has 2 heterocycles. The summed E-state index contributed by atoms with van der Waals surface area (Å²) < 4.78 is 13.5. The summed E-state index contributed by atoms with van der Waals surface area (Å²) in [7, 11) is 5.83. The zero-order chi connectivity index (χ0) is 21.1. The molecule has 1 aromatic carbocycles. The average Bonchev–Trinajstić information content (AvgIpc) is 3.52. The van der Waals surface area contributed by atoms with Crippen LogP contribution in [-0.2, 0) is 7.05 Å². The summed E-state index contributed by atoms with van der Waals surface area (Å²) in [5.74, 6) is 2.17. The zero-order valence-corrected chi connectivity index (χ0v) is 17.4. The van der Waals surface area contributed by atoms with Crippen LogP contribution >= 0.6 is 0 Å². The summed E-state index contributed by atoms with van der Waals surface area (Å²) in [6.07, 6.45) is 2.34. The van der Waals surface area contributed by atoms with Crippen molar-refractivity contribution in [2.24, 2.45) is 7.05 Å². The highest BCUT2D eigenvalue weighted by atomic mass is 16.5. The van der Waals surface area contributed by atoms with Crippen molar-refractivity contribution < 1.29 is 9.47 Å². The second-order valence-electron chi connectivity index (χ2n) is 7.64. The number of ether oxygens (including phenoxy) is 2. The van der Waals surface area contributed by atoms with Crippen LogP contribution < -0.4 is 9.47 Å². The van der Waals surface area contributed by atoms with Gasteiger partial charge in [0, 0.05) is 37.2 Å². The molecule has 1 aliphatic carbocycles. The predicted molar refractivity (Wildman–Crippen MR) is 111 cm³/mol. The molecule has 8 nitrogen and oxygen atoms in total. The molecule has 0 amide bonds. The molecule has 0 N–H and O–H groups in total. The van der Waals surface area contributed by atoms with Crippen LogP contribution in [0, 0.1) is 11.3 Å². The summed E-state index contributed by atoms with van der Waals surface area (Å²) in [5, 5.41) is 22.3. The third-order valence-electron chi connectivity index (χ3n) is 4.88. The van der Waals surface area contributed by atoms with Crippen LogP contribution in [0.2, 0.25) is 0 Å². The molecule has 0 saturated heterocycles. The van der Waals surface area contributed by atoms with Gasteiger partial charge < -0.3 is 14.4 Å². The molecule has 0 unspecified atom stereocenters. The Morgan fingerprint density at radius 1 is 1.17 bits per heavy atom. The number of nitriles is 1. The largest absolute Gasteiger partial charge is 0.475 e. The highest BCUT2D eigenvalue weighted by molar-refractivity contribution is 5.69. The molecule has 4 rings (SSSR count). The number of likely N-dealkylation sites (N-methyl/N-ethyl adjacent to an activating group) is 1. The van der Waals surface area contributed by atoms with E-state index in [1.54, 1.807) is 22.9 Å². The maximum absolute atomic E-state index is 9.32. The van der Waals surface area contributed by atoms with Crippen LogP contribution in [-0.4, -0.2) is 52.1 Å². The molecule has 2 aromatic heterocycles. The summed E-state index contributed by atoms with van der Waals surface area (Å²) >= 11 is 0. The number of nitrogens with zero attached hydrogens (tertiary/aromatic N) is 6. The first-order valence-corrected chi connectivity index (χ1v) is 9.91. The Labute approximate surface area is 175 Å². The molecule has 1 saturated carbocycles. The maximum atomic E-state index is 9.32. The zero-order valence-electron chi connectivity index (χ0n) is 17.4. The second-order valence-corrected chi connectivity index (χ2v) is 7.64. The van der Waals surface area contributed by atoms with Crippen LogP contribution in [0.3, 0.4) is 0 Å². The van der Waals surface area contributed by atoms with Gasteiger partial charge >= 0.3 is 0 Å². The Morgan fingerprint density at radius 3 is 2.67 bits per heavy atom. The summed E-state index contributed by atoms with van der Waals surface area (Å²) in [6, 6.07) is 13.0. The van der Waals surface area contributed by atoms with E-state index >= 15 is 0 Å². The summed E-state index contributed by atoms with van der Waals surface area (Å²) in [5.41, 5.74) is 2.94. The van der Waals surface area contributed by atoms with E-state index in [0.717, 1.165) is 17.8 Å². The van der Waals surface area contributed by atoms with E-state index in [1.165, 1.54) is 12.8 Å². The minimum absolute atomic E-state index is 0.470. The first-order valence-electron chi connectivity index (χ1n) is 9.91. The van der Waals surface area contributed by atoms with Gasteiger partial charge in [-0.3, -0.25) is 0 Å². The van der Waals surface area contributed by atoms with Crippen LogP contribution in [0.5, 0.6) is 17.5 Å². The van der Waals surface area contributed by atoms with Gasteiger partial charge in [-0.25, -0.2) is 4.68 Å². The quantitative estimate of drug-likeness (QED) is 0.569. The number of aromatic nitrogens is 4. The number of hydrogen-bond acceptors (Lipinski definition) is 7. The molecule has 3 aromatic rings. The van der Waals surface area contributed by atoms with Crippen LogP contribution in [0.25, 0.3) is 11.3 Å². The Kier molecular flexibility index (Phi) is 5.63. The number of benzene rings is 1. The number of aryl methyl sites for hydroxylation is 1. The first-order chi connectivity index (χ1) is 14.5. The third kappa shape index (κ3) is 4.58. The lowest BCUT2D eigenvalue weighted by molar-refractivity contribution is 0.252. The standard InChI is InChI=1S/C22H24N6O2/c1-27(2)10-11-29-21-9-8-18(24-25-21)17-7-4-15(14-23)12-20(17)30-22-13-19(16-5-6-16)26-28(22)3/h4,7-9,12-13,16H,5-6,10-11H2,1-3H3. The molecule has 8 heteroatoms. The topological polar surface area (TPSA) is 89.1 Å². The van der Waals surface area contributed by atoms with Gasteiger partial charge in [0.25, 0.3) is 0 Å². The highest BCUT2D eigenvalue weighted by Gasteiger charge is 2.27. The molecule has 30 heavy (non-hydrogen) atoms. The van der Waals surface area contributed by atoms with Crippen LogP contribution in [0.1, 0.15) is 30.0 Å². The molecular formula is C22H24N6O2. The Bertz CT molecular complexity index is 1060. The van der Waals surface area contributed by atoms with Gasteiger partial charge in [-0.15, -0.1) is 10.2 Å². The van der Waals surface area contributed by atoms with Gasteiger partial charge in [0.1, 0.15) is 12.4 Å². The Hall–Kier alpha value is -3.44. The fourth-order valence-corrected chi connectivity index (χ4v) is 3.02. The van der Waals surface area contributed by atoms with Crippen molar-refractivity contribution in [3.8, 4) is 34.8 Å². The lowest BCUT2D eigenvalue weighted by Gasteiger charge is -2.12. The van der Waals surface area contributed by atoms with Crippen molar-refractivity contribution in [3.05, 3.63) is 47.7 Å². The minimum Gasteiger partial charge on any atom is -0.475 e. The molecule has 0 atom stereocenters. The van der Waals surface area contributed by atoms with Gasteiger partial charge in [-0.1, -0.05) is 0 Å². The minimum atomic E-state index is 0.470. The molecule has 0 aliphatic heterocycles. The smallest absolute Gasteiger partial charge is 0.233 e.